The van der Waals surface area contributed by atoms with Crippen molar-refractivity contribution in [3.05, 3.63) is 71.8 Å². The quantitative estimate of drug-likeness (QED) is 0.384. The number of benzene rings is 2. The Labute approximate surface area is 174 Å². The maximum atomic E-state index is 11.8. The lowest BCUT2D eigenvalue weighted by atomic mass is 10.0. The van der Waals surface area contributed by atoms with Gasteiger partial charge >= 0.3 is 11.9 Å². The average Bonchev–Trinajstić information content (AvgIpc) is 2.76. The van der Waals surface area contributed by atoms with E-state index >= 15 is 0 Å². The van der Waals surface area contributed by atoms with E-state index in [4.69, 9.17) is 9.47 Å². The zero-order valence-corrected chi connectivity index (χ0v) is 16.3. The van der Waals surface area contributed by atoms with Crippen molar-refractivity contribution >= 4 is 11.9 Å². The van der Waals surface area contributed by atoms with Crippen LogP contribution in [0, 0.1) is 0 Å². The van der Waals surface area contributed by atoms with Crippen molar-refractivity contribution in [2.75, 3.05) is 6.61 Å². The van der Waals surface area contributed by atoms with E-state index in [1.807, 2.05) is 6.07 Å². The highest BCUT2D eigenvalue weighted by Gasteiger charge is 2.32. The van der Waals surface area contributed by atoms with Crippen molar-refractivity contribution in [2.24, 2.45) is 0 Å². The van der Waals surface area contributed by atoms with Crippen LogP contribution in [0.25, 0.3) is 0 Å². The fraction of sp³-hybridized carbons (Fsp3) is 0.364. The summed E-state index contributed by atoms with van der Waals surface area (Å²) in [6, 6.07) is 17.7. The number of carbonyl (C=O) groups is 2. The number of esters is 2. The molecule has 0 heterocycles. The van der Waals surface area contributed by atoms with Crippen LogP contribution in [-0.2, 0) is 32.1 Å². The number of hydrogen-bond acceptors (Lipinski definition) is 8. The van der Waals surface area contributed by atoms with Crippen molar-refractivity contribution in [3.63, 3.8) is 0 Å². The molecule has 0 aliphatic carbocycles. The van der Waals surface area contributed by atoms with Crippen molar-refractivity contribution in [3.8, 4) is 0 Å². The van der Waals surface area contributed by atoms with Crippen LogP contribution >= 0.6 is 0 Å². The van der Waals surface area contributed by atoms with Gasteiger partial charge in [0.2, 0.25) is 0 Å². The zero-order valence-electron chi connectivity index (χ0n) is 16.3. The molecule has 8 heteroatoms. The average molecular weight is 418 g/mol. The van der Waals surface area contributed by atoms with Gasteiger partial charge in [0, 0.05) is 0 Å². The number of carbonyl (C=O) groups excluding carboxylic acids is 2. The van der Waals surface area contributed by atoms with Gasteiger partial charge < -0.3 is 29.9 Å². The lowest BCUT2D eigenvalue weighted by molar-refractivity contribution is -0.158. The van der Waals surface area contributed by atoms with E-state index in [2.05, 4.69) is 0 Å². The second-order valence-corrected chi connectivity index (χ2v) is 6.81. The Hall–Kier alpha value is -2.78. The van der Waals surface area contributed by atoms with E-state index in [1.54, 1.807) is 54.6 Å². The molecule has 162 valence electrons. The predicted octanol–water partition coefficient (Wildman–Crippen LogP) is 0.349. The Bertz CT molecular complexity index is 780. The van der Waals surface area contributed by atoms with Crippen molar-refractivity contribution < 1.29 is 39.5 Å². The van der Waals surface area contributed by atoms with Gasteiger partial charge in [0.15, 0.2) is 0 Å². The van der Waals surface area contributed by atoms with Crippen LogP contribution in [0.5, 0.6) is 0 Å². The smallest absolute Gasteiger partial charge is 0.310 e. The Morgan fingerprint density at radius 2 is 1.23 bits per heavy atom. The summed E-state index contributed by atoms with van der Waals surface area (Å²) in [6.07, 6.45) is -7.57. The number of aliphatic hydroxyl groups is 4. The minimum Gasteiger partial charge on any atom is -0.463 e. The standard InChI is InChI=1S/C22H26O8/c23-17(12-20(26)29-13-16-9-5-2-6-10-16)21(27)22(28)18(24)14-30-19(25)11-15-7-3-1-4-8-15/h1-10,17-18,21-24,27-28H,11-14H2/t17-,18-,21-,22-/m1/s1. The molecular formula is C22H26O8. The first-order chi connectivity index (χ1) is 14.4. The Kier molecular flexibility index (Phi) is 9.43. The minimum absolute atomic E-state index is 0.00499. The van der Waals surface area contributed by atoms with Gasteiger partial charge in [-0.15, -0.1) is 0 Å². The Balaban J connectivity index is 1.72. The number of ether oxygens (including phenoxy) is 2. The van der Waals surface area contributed by atoms with Gasteiger partial charge in [-0.2, -0.15) is 0 Å². The number of aliphatic hydroxyl groups excluding tert-OH is 4. The molecule has 0 bridgehead atoms. The summed E-state index contributed by atoms with van der Waals surface area (Å²) < 4.78 is 9.90. The second kappa shape index (κ2) is 12.0. The molecule has 0 unspecified atom stereocenters. The van der Waals surface area contributed by atoms with Crippen LogP contribution in [0.3, 0.4) is 0 Å². The van der Waals surface area contributed by atoms with Gasteiger partial charge in [-0.05, 0) is 11.1 Å². The largest absolute Gasteiger partial charge is 0.463 e. The summed E-state index contributed by atoms with van der Waals surface area (Å²) >= 11 is 0. The van der Waals surface area contributed by atoms with Gasteiger partial charge in [-0.25, -0.2) is 0 Å². The summed E-state index contributed by atoms with van der Waals surface area (Å²) in [4.78, 5) is 23.6. The topological polar surface area (TPSA) is 134 Å². The maximum absolute atomic E-state index is 11.8. The van der Waals surface area contributed by atoms with Crippen LogP contribution in [0.1, 0.15) is 17.5 Å². The molecule has 4 N–H and O–H groups in total. The van der Waals surface area contributed by atoms with Gasteiger partial charge in [0.25, 0.3) is 0 Å². The molecule has 0 radical (unpaired) electrons. The molecule has 0 aliphatic heterocycles. The van der Waals surface area contributed by atoms with Gasteiger partial charge in [-0.3, -0.25) is 9.59 Å². The lowest BCUT2D eigenvalue weighted by Crippen LogP contribution is -2.47. The van der Waals surface area contributed by atoms with Crippen molar-refractivity contribution in [2.45, 2.75) is 43.9 Å². The summed E-state index contributed by atoms with van der Waals surface area (Å²) in [5.41, 5.74) is 1.48. The molecule has 0 fully saturated rings. The molecule has 2 aromatic rings. The SMILES string of the molecule is O=C(Cc1ccccc1)OC[C@@H](O)[C@@H](O)[C@H](O)[C@H](O)CC(=O)OCc1ccccc1. The molecule has 0 aliphatic rings. The zero-order chi connectivity index (χ0) is 21.9. The first-order valence-corrected chi connectivity index (χ1v) is 9.48. The van der Waals surface area contributed by atoms with E-state index in [0.29, 0.717) is 0 Å². The van der Waals surface area contributed by atoms with E-state index in [1.165, 1.54) is 0 Å². The van der Waals surface area contributed by atoms with Crippen molar-refractivity contribution in [1.29, 1.82) is 0 Å². The molecule has 2 aromatic carbocycles. The molecule has 2 rings (SSSR count). The molecule has 0 saturated carbocycles. The summed E-state index contributed by atoms with van der Waals surface area (Å²) in [5.74, 6) is -1.40. The molecule has 0 spiro atoms. The molecule has 0 aromatic heterocycles. The molecular weight excluding hydrogens is 392 g/mol. The highest BCUT2D eigenvalue weighted by molar-refractivity contribution is 5.72. The van der Waals surface area contributed by atoms with Crippen LogP contribution in [-0.4, -0.2) is 63.4 Å². The Morgan fingerprint density at radius 3 is 1.83 bits per heavy atom. The van der Waals surface area contributed by atoms with Gasteiger partial charge in [0.05, 0.1) is 18.9 Å². The van der Waals surface area contributed by atoms with E-state index < -0.39 is 49.4 Å². The van der Waals surface area contributed by atoms with E-state index in [9.17, 15) is 30.0 Å². The van der Waals surface area contributed by atoms with Crippen LogP contribution in [0.4, 0.5) is 0 Å². The monoisotopic (exact) mass is 418 g/mol. The summed E-state index contributed by atoms with van der Waals surface area (Å²) in [7, 11) is 0. The summed E-state index contributed by atoms with van der Waals surface area (Å²) in [5, 5.41) is 39.8. The predicted molar refractivity (Wildman–Crippen MR) is 106 cm³/mol. The van der Waals surface area contributed by atoms with Crippen LogP contribution in [0.15, 0.2) is 60.7 Å². The first-order valence-electron chi connectivity index (χ1n) is 9.48. The lowest BCUT2D eigenvalue weighted by Gasteiger charge is -2.26. The van der Waals surface area contributed by atoms with Gasteiger partial charge in [0.1, 0.15) is 31.5 Å². The third kappa shape index (κ3) is 7.92. The van der Waals surface area contributed by atoms with Crippen molar-refractivity contribution in [1.82, 2.24) is 0 Å². The minimum atomic E-state index is -1.84. The fourth-order valence-electron chi connectivity index (χ4n) is 2.63. The van der Waals surface area contributed by atoms with E-state index in [0.717, 1.165) is 11.1 Å². The molecule has 0 amide bonds. The molecule has 0 saturated heterocycles. The normalized spacial score (nSPS) is 14.9. The molecule has 4 atom stereocenters. The maximum Gasteiger partial charge on any atom is 0.310 e. The van der Waals surface area contributed by atoms with Gasteiger partial charge in [-0.1, -0.05) is 60.7 Å². The number of rotatable bonds is 11. The molecule has 30 heavy (non-hydrogen) atoms. The highest BCUT2D eigenvalue weighted by atomic mass is 16.5. The van der Waals surface area contributed by atoms with E-state index in [-0.39, 0.29) is 13.0 Å². The first kappa shape index (κ1) is 23.5. The third-order valence-corrected chi connectivity index (χ3v) is 4.36. The number of hydrogen-bond donors (Lipinski definition) is 4. The fourth-order valence-corrected chi connectivity index (χ4v) is 2.63. The second-order valence-electron chi connectivity index (χ2n) is 6.81. The molecule has 8 nitrogen and oxygen atoms in total. The van der Waals surface area contributed by atoms with Crippen LogP contribution in [0.2, 0.25) is 0 Å². The summed E-state index contributed by atoms with van der Waals surface area (Å²) in [6.45, 7) is -0.569. The van der Waals surface area contributed by atoms with Crippen LogP contribution < -0.4 is 0 Å². The highest BCUT2D eigenvalue weighted by Crippen LogP contribution is 2.11. The third-order valence-electron chi connectivity index (χ3n) is 4.36. The Morgan fingerprint density at radius 1 is 0.700 bits per heavy atom.